The number of nitrogens with one attached hydrogen (secondary N) is 1. The fourth-order valence-electron chi connectivity index (χ4n) is 2.55. The monoisotopic (exact) mass is 345 g/mol. The number of carbonyl (C=O) groups is 1. The van der Waals surface area contributed by atoms with Gasteiger partial charge in [0.25, 0.3) is 5.91 Å². The van der Waals surface area contributed by atoms with Gasteiger partial charge in [0, 0.05) is 19.0 Å². The molecule has 0 aliphatic heterocycles. The lowest BCUT2D eigenvalue weighted by atomic mass is 10.1. The number of nitrogens with zero attached hydrogens (tertiary/aromatic N) is 2. The molecule has 0 saturated carbocycles. The van der Waals surface area contributed by atoms with Gasteiger partial charge in [-0.25, -0.2) is 0 Å². The van der Waals surface area contributed by atoms with Gasteiger partial charge in [-0.1, -0.05) is 59.3 Å². The van der Waals surface area contributed by atoms with E-state index in [4.69, 9.17) is 9.78 Å². The van der Waals surface area contributed by atoms with Gasteiger partial charge < -0.3 is 9.84 Å². The molecule has 1 heterocycles. The molecule has 2 aromatic carbocycles. The van der Waals surface area contributed by atoms with Crippen LogP contribution in [0.3, 0.4) is 0 Å². The van der Waals surface area contributed by atoms with E-state index in [1.807, 2.05) is 55.5 Å². The average molecular weight is 345 g/mol. The number of amides is 1. The molecule has 1 amide bonds. The molecule has 5 nitrogen and oxygen atoms in total. The molecule has 0 fully saturated rings. The number of aromatic nitrogens is 1. The molecule has 5 heteroatoms. The van der Waals surface area contributed by atoms with Crippen molar-refractivity contribution >= 4 is 5.91 Å². The molecule has 3 aromatic rings. The minimum absolute atomic E-state index is 0.202. The van der Waals surface area contributed by atoms with Gasteiger partial charge in [0.2, 0.25) is 5.76 Å². The zero-order valence-electron chi connectivity index (χ0n) is 14.5. The Hall–Kier alpha value is -3.39. The first-order valence-corrected chi connectivity index (χ1v) is 8.38. The summed E-state index contributed by atoms with van der Waals surface area (Å²) in [6.45, 7) is 2.46. The van der Waals surface area contributed by atoms with Gasteiger partial charge in [0.05, 0.1) is 18.2 Å². The normalized spacial score (nSPS) is 10.3. The molecule has 130 valence electrons. The van der Waals surface area contributed by atoms with Crippen LogP contribution < -0.4 is 5.32 Å². The van der Waals surface area contributed by atoms with E-state index in [0.29, 0.717) is 25.1 Å². The van der Waals surface area contributed by atoms with Gasteiger partial charge in [0.15, 0.2) is 0 Å². The maximum absolute atomic E-state index is 12.2. The van der Waals surface area contributed by atoms with E-state index in [1.54, 1.807) is 6.07 Å². The summed E-state index contributed by atoms with van der Waals surface area (Å²) < 4.78 is 5.16. The third kappa shape index (κ3) is 4.58. The minimum Gasteiger partial charge on any atom is -0.351 e. The zero-order chi connectivity index (χ0) is 18.4. The van der Waals surface area contributed by atoms with Crippen molar-refractivity contribution in [3.05, 3.63) is 88.3 Å². The Balaban J connectivity index is 1.57. The molecule has 1 N–H and O–H groups in total. The molecule has 0 atom stereocenters. The second-order valence-electron chi connectivity index (χ2n) is 6.18. The molecule has 1 aromatic heterocycles. The van der Waals surface area contributed by atoms with Crippen LogP contribution in [0.1, 0.15) is 38.5 Å². The maximum atomic E-state index is 12.2. The fourth-order valence-corrected chi connectivity index (χ4v) is 2.55. The summed E-state index contributed by atoms with van der Waals surface area (Å²) in [7, 11) is 0. The predicted molar refractivity (Wildman–Crippen MR) is 97.4 cm³/mol. The van der Waals surface area contributed by atoms with Gasteiger partial charge in [-0.3, -0.25) is 4.79 Å². The summed E-state index contributed by atoms with van der Waals surface area (Å²) in [6, 6.07) is 19.5. The summed E-state index contributed by atoms with van der Waals surface area (Å²) in [4.78, 5) is 12.2. The van der Waals surface area contributed by atoms with Gasteiger partial charge >= 0.3 is 0 Å². The van der Waals surface area contributed by atoms with E-state index in [2.05, 4.69) is 16.5 Å². The van der Waals surface area contributed by atoms with Gasteiger partial charge in [0.1, 0.15) is 0 Å². The predicted octanol–water partition coefficient (Wildman–Crippen LogP) is 3.57. The number of carbonyl (C=O) groups excluding carboxylic acids is 1. The molecule has 0 spiro atoms. The van der Waals surface area contributed by atoms with Crippen LogP contribution >= 0.6 is 0 Å². The SMILES string of the molecule is Cc1ccc(CNC(=O)c2cc(Cc3ccc(CC#N)cc3)no2)cc1. The number of hydrogen-bond donors (Lipinski definition) is 1. The Morgan fingerprint density at radius 1 is 1.08 bits per heavy atom. The van der Waals surface area contributed by atoms with E-state index in [0.717, 1.165) is 16.7 Å². The minimum atomic E-state index is -0.284. The van der Waals surface area contributed by atoms with Gasteiger partial charge in [-0.05, 0) is 23.6 Å². The third-order valence-corrected chi connectivity index (χ3v) is 4.05. The van der Waals surface area contributed by atoms with Crippen molar-refractivity contribution in [2.45, 2.75) is 26.3 Å². The van der Waals surface area contributed by atoms with E-state index in [9.17, 15) is 4.79 Å². The van der Waals surface area contributed by atoms with Gasteiger partial charge in [-0.2, -0.15) is 5.26 Å². The Morgan fingerprint density at radius 2 is 1.73 bits per heavy atom. The average Bonchev–Trinajstić information content (AvgIpc) is 3.11. The van der Waals surface area contributed by atoms with Crippen molar-refractivity contribution in [2.75, 3.05) is 0 Å². The van der Waals surface area contributed by atoms with Crippen molar-refractivity contribution in [3.8, 4) is 6.07 Å². The van der Waals surface area contributed by atoms with Crippen LogP contribution in [-0.4, -0.2) is 11.1 Å². The van der Waals surface area contributed by atoms with Gasteiger partial charge in [-0.15, -0.1) is 0 Å². The van der Waals surface area contributed by atoms with Crippen LogP contribution in [0.5, 0.6) is 0 Å². The molecule has 0 unspecified atom stereocenters. The second-order valence-corrected chi connectivity index (χ2v) is 6.18. The highest BCUT2D eigenvalue weighted by Gasteiger charge is 2.13. The molecule has 0 bridgehead atoms. The summed E-state index contributed by atoms with van der Waals surface area (Å²) in [5.74, 6) is -0.0816. The number of aryl methyl sites for hydroxylation is 1. The highest BCUT2D eigenvalue weighted by atomic mass is 16.5. The Morgan fingerprint density at radius 3 is 2.42 bits per heavy atom. The lowest BCUT2D eigenvalue weighted by Gasteiger charge is -2.03. The maximum Gasteiger partial charge on any atom is 0.290 e. The first-order valence-electron chi connectivity index (χ1n) is 8.38. The van der Waals surface area contributed by atoms with Crippen molar-refractivity contribution < 1.29 is 9.32 Å². The number of benzene rings is 2. The molecule has 0 radical (unpaired) electrons. The highest BCUT2D eigenvalue weighted by molar-refractivity contribution is 5.91. The molecule has 3 rings (SSSR count). The quantitative estimate of drug-likeness (QED) is 0.741. The van der Waals surface area contributed by atoms with Crippen LogP contribution in [0.15, 0.2) is 59.1 Å². The summed E-state index contributed by atoms with van der Waals surface area (Å²) in [5, 5.41) is 15.5. The first kappa shape index (κ1) is 17.4. The smallest absolute Gasteiger partial charge is 0.290 e. The van der Waals surface area contributed by atoms with Crippen molar-refractivity contribution in [1.82, 2.24) is 10.5 Å². The molecular formula is C21H19N3O2. The summed E-state index contributed by atoms with van der Waals surface area (Å²) in [6.07, 6.45) is 0.969. The Kier molecular flexibility index (Phi) is 5.45. The topological polar surface area (TPSA) is 78.9 Å². The Labute approximate surface area is 152 Å². The third-order valence-electron chi connectivity index (χ3n) is 4.05. The largest absolute Gasteiger partial charge is 0.351 e. The van der Waals surface area contributed by atoms with Crippen molar-refractivity contribution in [1.29, 1.82) is 5.26 Å². The lowest BCUT2D eigenvalue weighted by molar-refractivity contribution is 0.0914. The van der Waals surface area contributed by atoms with E-state index in [-0.39, 0.29) is 11.7 Å². The van der Waals surface area contributed by atoms with Crippen LogP contribution in [0.4, 0.5) is 0 Å². The molecule has 0 aliphatic carbocycles. The van der Waals surface area contributed by atoms with E-state index >= 15 is 0 Å². The Bertz CT molecular complexity index is 919. The summed E-state index contributed by atoms with van der Waals surface area (Å²) >= 11 is 0. The number of hydrogen-bond acceptors (Lipinski definition) is 4. The van der Waals surface area contributed by atoms with Crippen molar-refractivity contribution in [3.63, 3.8) is 0 Å². The second kappa shape index (κ2) is 8.13. The first-order chi connectivity index (χ1) is 12.6. The van der Waals surface area contributed by atoms with Crippen molar-refractivity contribution in [2.24, 2.45) is 0 Å². The fraction of sp³-hybridized carbons (Fsp3) is 0.190. The number of rotatable bonds is 6. The van der Waals surface area contributed by atoms with E-state index < -0.39 is 0 Å². The highest BCUT2D eigenvalue weighted by Crippen LogP contribution is 2.12. The van der Waals surface area contributed by atoms with Crippen LogP contribution in [0.2, 0.25) is 0 Å². The van der Waals surface area contributed by atoms with Crippen LogP contribution in [-0.2, 0) is 19.4 Å². The molecular weight excluding hydrogens is 326 g/mol. The van der Waals surface area contributed by atoms with E-state index in [1.165, 1.54) is 5.56 Å². The lowest BCUT2D eigenvalue weighted by Crippen LogP contribution is -2.22. The van der Waals surface area contributed by atoms with Crippen LogP contribution in [0.25, 0.3) is 0 Å². The standard InChI is InChI=1S/C21H19N3O2/c1-15-2-4-18(5-3-15)14-23-21(25)20-13-19(24-26-20)12-17-8-6-16(7-9-17)10-11-22/h2-9,13H,10,12,14H2,1H3,(H,23,25). The molecule has 0 saturated heterocycles. The summed E-state index contributed by atoms with van der Waals surface area (Å²) in [5.41, 5.74) is 4.93. The van der Waals surface area contributed by atoms with Crippen LogP contribution in [0, 0.1) is 18.3 Å². The molecule has 26 heavy (non-hydrogen) atoms. The number of nitriles is 1. The zero-order valence-corrected chi connectivity index (χ0v) is 14.5. The molecule has 0 aliphatic rings.